The number of nitrogens with zero attached hydrogens (tertiary/aromatic N) is 5. The third-order valence-corrected chi connectivity index (χ3v) is 3.73. The highest BCUT2D eigenvalue weighted by molar-refractivity contribution is 9.10. The largest absolute Gasteiger partial charge is 0.265 e. The minimum absolute atomic E-state index is 0.668. The Labute approximate surface area is 122 Å². The summed E-state index contributed by atoms with van der Waals surface area (Å²) in [6, 6.07) is 9.70. The fourth-order valence-corrected chi connectivity index (χ4v) is 2.62. The molecular formula is C14H8BrN5. The van der Waals surface area contributed by atoms with Gasteiger partial charge >= 0.3 is 0 Å². The second-order valence-electron chi connectivity index (χ2n) is 4.32. The molecule has 0 aliphatic heterocycles. The lowest BCUT2D eigenvalue weighted by Gasteiger charge is -1.99. The monoisotopic (exact) mass is 325 g/mol. The van der Waals surface area contributed by atoms with E-state index in [4.69, 9.17) is 0 Å². The number of rotatable bonds is 1. The van der Waals surface area contributed by atoms with Crippen molar-refractivity contribution in [3.05, 3.63) is 53.5 Å². The van der Waals surface area contributed by atoms with Crippen LogP contribution in [-0.2, 0) is 0 Å². The molecule has 3 heterocycles. The molecule has 96 valence electrons. The number of benzene rings is 1. The molecule has 0 N–H and O–H groups in total. The maximum absolute atomic E-state index is 4.62. The van der Waals surface area contributed by atoms with E-state index in [1.165, 1.54) is 0 Å². The molecule has 0 saturated carbocycles. The number of pyridine rings is 1. The Balaban J connectivity index is 2.05. The minimum Gasteiger partial charge on any atom is -0.265 e. The van der Waals surface area contributed by atoms with Crippen LogP contribution in [0.2, 0.25) is 0 Å². The Morgan fingerprint density at radius 2 is 1.90 bits per heavy atom. The van der Waals surface area contributed by atoms with Gasteiger partial charge in [-0.05, 0) is 40.2 Å². The number of para-hydroxylation sites is 1. The van der Waals surface area contributed by atoms with Gasteiger partial charge in [0.1, 0.15) is 6.33 Å². The number of halogens is 1. The summed E-state index contributed by atoms with van der Waals surface area (Å²) in [7, 11) is 0. The number of fused-ring (bicyclic) bond motifs is 3. The van der Waals surface area contributed by atoms with E-state index < -0.39 is 0 Å². The van der Waals surface area contributed by atoms with Crippen molar-refractivity contribution in [3.8, 4) is 11.4 Å². The van der Waals surface area contributed by atoms with Crippen LogP contribution in [0.4, 0.5) is 0 Å². The zero-order chi connectivity index (χ0) is 13.5. The van der Waals surface area contributed by atoms with E-state index >= 15 is 0 Å². The number of aromatic nitrogens is 5. The number of hydrogen-bond acceptors (Lipinski definition) is 4. The predicted octanol–water partition coefficient (Wildman–Crippen LogP) is 3.10. The summed E-state index contributed by atoms with van der Waals surface area (Å²) in [4.78, 5) is 13.0. The maximum atomic E-state index is 4.62. The van der Waals surface area contributed by atoms with Gasteiger partial charge in [-0.25, -0.2) is 14.5 Å². The van der Waals surface area contributed by atoms with Crippen molar-refractivity contribution >= 4 is 32.5 Å². The molecule has 0 aliphatic carbocycles. The normalized spacial score (nSPS) is 11.2. The third kappa shape index (κ3) is 1.69. The van der Waals surface area contributed by atoms with Gasteiger partial charge in [0.2, 0.25) is 0 Å². The van der Waals surface area contributed by atoms with Crippen LogP contribution in [-0.4, -0.2) is 24.6 Å². The predicted molar refractivity (Wildman–Crippen MR) is 79.2 cm³/mol. The summed E-state index contributed by atoms with van der Waals surface area (Å²) in [6.45, 7) is 0. The fraction of sp³-hybridized carbons (Fsp3) is 0. The molecule has 1 aromatic carbocycles. The Bertz CT molecular complexity index is 917. The quantitative estimate of drug-likeness (QED) is 0.539. The highest BCUT2D eigenvalue weighted by Crippen LogP contribution is 2.25. The van der Waals surface area contributed by atoms with Crippen LogP contribution < -0.4 is 0 Å². The first-order valence-corrected chi connectivity index (χ1v) is 6.82. The van der Waals surface area contributed by atoms with Crippen LogP contribution in [0.3, 0.4) is 0 Å². The first-order chi connectivity index (χ1) is 9.83. The maximum Gasteiger partial charge on any atom is 0.182 e. The van der Waals surface area contributed by atoms with Crippen LogP contribution in [0, 0.1) is 0 Å². The van der Waals surface area contributed by atoms with Gasteiger partial charge in [0.05, 0.1) is 5.52 Å². The van der Waals surface area contributed by atoms with Crippen molar-refractivity contribution in [3.63, 3.8) is 0 Å². The van der Waals surface area contributed by atoms with Gasteiger partial charge in [0.25, 0.3) is 0 Å². The zero-order valence-electron chi connectivity index (χ0n) is 10.2. The standard InChI is InChI=1S/C14H8BrN5/c15-11-3-1-2-10-12(11)17-8-20-14(10)18-13(19-20)9-4-6-16-7-5-9/h1-8H. The fourth-order valence-electron chi connectivity index (χ4n) is 2.15. The van der Waals surface area contributed by atoms with Crippen molar-refractivity contribution in [2.45, 2.75) is 0 Å². The molecule has 0 fully saturated rings. The lowest BCUT2D eigenvalue weighted by Crippen LogP contribution is -1.91. The molecule has 0 aliphatic rings. The van der Waals surface area contributed by atoms with Crippen molar-refractivity contribution in [2.75, 3.05) is 0 Å². The molecule has 0 atom stereocenters. The molecular weight excluding hydrogens is 318 g/mol. The van der Waals surface area contributed by atoms with E-state index in [9.17, 15) is 0 Å². The van der Waals surface area contributed by atoms with Crippen molar-refractivity contribution < 1.29 is 0 Å². The second-order valence-corrected chi connectivity index (χ2v) is 5.17. The molecule has 4 aromatic rings. The van der Waals surface area contributed by atoms with E-state index in [0.29, 0.717) is 5.82 Å². The van der Waals surface area contributed by atoms with Gasteiger partial charge in [-0.15, -0.1) is 5.10 Å². The summed E-state index contributed by atoms with van der Waals surface area (Å²) in [5.41, 5.74) is 2.61. The summed E-state index contributed by atoms with van der Waals surface area (Å²) >= 11 is 3.51. The van der Waals surface area contributed by atoms with Crippen molar-refractivity contribution in [1.82, 2.24) is 24.6 Å². The van der Waals surface area contributed by atoms with Crippen LogP contribution in [0.1, 0.15) is 0 Å². The molecule has 20 heavy (non-hydrogen) atoms. The SMILES string of the molecule is Brc1cccc2c1ncn1nc(-c3ccncc3)nc21. The van der Waals surface area contributed by atoms with Gasteiger partial charge in [-0.2, -0.15) is 0 Å². The lowest BCUT2D eigenvalue weighted by atomic mass is 10.2. The Morgan fingerprint density at radius 1 is 1.05 bits per heavy atom. The van der Waals surface area contributed by atoms with Crippen LogP contribution in [0.15, 0.2) is 53.5 Å². The average molecular weight is 326 g/mol. The highest BCUT2D eigenvalue weighted by atomic mass is 79.9. The zero-order valence-corrected chi connectivity index (χ0v) is 11.8. The summed E-state index contributed by atoms with van der Waals surface area (Å²) < 4.78 is 2.65. The first-order valence-electron chi connectivity index (χ1n) is 6.03. The molecule has 0 radical (unpaired) electrons. The van der Waals surface area contributed by atoms with Gasteiger partial charge in [0, 0.05) is 27.8 Å². The Kier molecular flexibility index (Phi) is 2.50. The molecule has 6 heteroatoms. The molecule has 0 bridgehead atoms. The summed E-state index contributed by atoms with van der Waals surface area (Å²) in [5, 5.41) is 5.43. The molecule has 0 amide bonds. The van der Waals surface area contributed by atoms with E-state index in [1.54, 1.807) is 23.2 Å². The van der Waals surface area contributed by atoms with E-state index in [1.807, 2.05) is 30.3 Å². The first kappa shape index (κ1) is 11.5. The van der Waals surface area contributed by atoms with Crippen molar-refractivity contribution in [2.24, 2.45) is 0 Å². The third-order valence-electron chi connectivity index (χ3n) is 3.09. The smallest absolute Gasteiger partial charge is 0.182 e. The second kappa shape index (κ2) is 4.35. The van der Waals surface area contributed by atoms with Gasteiger partial charge in [-0.3, -0.25) is 4.98 Å². The van der Waals surface area contributed by atoms with Crippen LogP contribution >= 0.6 is 15.9 Å². The average Bonchev–Trinajstić information content (AvgIpc) is 2.93. The summed E-state index contributed by atoms with van der Waals surface area (Å²) in [6.07, 6.45) is 5.14. The Morgan fingerprint density at radius 3 is 2.75 bits per heavy atom. The van der Waals surface area contributed by atoms with E-state index in [2.05, 4.69) is 36.0 Å². The minimum atomic E-state index is 0.668. The van der Waals surface area contributed by atoms with Crippen LogP contribution in [0.25, 0.3) is 27.9 Å². The molecule has 0 unspecified atom stereocenters. The molecule has 0 saturated heterocycles. The summed E-state index contributed by atoms with van der Waals surface area (Å²) in [5.74, 6) is 0.668. The number of hydrogen-bond donors (Lipinski definition) is 0. The lowest BCUT2D eigenvalue weighted by molar-refractivity contribution is 0.937. The van der Waals surface area contributed by atoms with Crippen LogP contribution in [0.5, 0.6) is 0 Å². The molecule has 3 aromatic heterocycles. The van der Waals surface area contributed by atoms with Gasteiger partial charge in [-0.1, -0.05) is 6.07 Å². The molecule has 5 nitrogen and oxygen atoms in total. The highest BCUT2D eigenvalue weighted by Gasteiger charge is 2.10. The molecule has 0 spiro atoms. The Hall–Kier alpha value is -2.34. The van der Waals surface area contributed by atoms with Gasteiger partial charge in [0.15, 0.2) is 11.5 Å². The van der Waals surface area contributed by atoms with Crippen molar-refractivity contribution in [1.29, 1.82) is 0 Å². The van der Waals surface area contributed by atoms with E-state index in [-0.39, 0.29) is 0 Å². The molecule has 4 rings (SSSR count). The van der Waals surface area contributed by atoms with E-state index in [0.717, 1.165) is 26.6 Å². The van der Waals surface area contributed by atoms with Gasteiger partial charge < -0.3 is 0 Å². The topological polar surface area (TPSA) is 56.0 Å².